The van der Waals surface area contributed by atoms with Crippen LogP contribution in [-0.2, 0) is 6.54 Å². The Labute approximate surface area is 131 Å². The first-order valence-corrected chi connectivity index (χ1v) is 8.78. The van der Waals surface area contributed by atoms with Crippen molar-refractivity contribution in [1.82, 2.24) is 5.32 Å². The third-order valence-electron chi connectivity index (χ3n) is 4.96. The quantitative estimate of drug-likeness (QED) is 0.880. The Bertz CT molecular complexity index is 454. The van der Waals surface area contributed by atoms with E-state index in [1.54, 1.807) is 0 Å². The molecule has 1 unspecified atom stereocenters. The van der Waals surface area contributed by atoms with Gasteiger partial charge in [0.1, 0.15) is 0 Å². The number of halogens is 1. The fourth-order valence-corrected chi connectivity index (χ4v) is 4.50. The number of rotatable bonds is 4. The maximum atomic E-state index is 3.61. The van der Waals surface area contributed by atoms with E-state index in [9.17, 15) is 0 Å². The highest BCUT2D eigenvalue weighted by Crippen LogP contribution is 2.39. The molecule has 2 aliphatic rings. The molecule has 1 saturated carbocycles. The lowest BCUT2D eigenvalue weighted by Gasteiger charge is -2.33. The summed E-state index contributed by atoms with van der Waals surface area (Å²) in [5, 5.41) is 3.31. The van der Waals surface area contributed by atoms with Gasteiger partial charge in [0.25, 0.3) is 0 Å². The molecule has 0 bridgehead atoms. The molecule has 1 N–H and O–H groups in total. The van der Waals surface area contributed by atoms with Crippen LogP contribution < -0.4 is 10.2 Å². The SMILES string of the molecule is CNCc1cc(Br)ccc1N1CCCC1C1CCCC1. The highest BCUT2D eigenvalue weighted by Gasteiger charge is 2.34. The monoisotopic (exact) mass is 336 g/mol. The lowest BCUT2D eigenvalue weighted by atomic mass is 9.95. The predicted octanol–water partition coefficient (Wildman–Crippen LogP) is 4.33. The van der Waals surface area contributed by atoms with Gasteiger partial charge in [-0.05, 0) is 62.4 Å². The van der Waals surface area contributed by atoms with Gasteiger partial charge in [0, 0.05) is 29.3 Å². The van der Waals surface area contributed by atoms with Crippen LogP contribution in [0.4, 0.5) is 5.69 Å². The standard InChI is InChI=1S/C17H25BrN2/c1-19-12-14-11-15(18)8-9-17(14)20-10-4-7-16(20)13-5-2-3-6-13/h8-9,11,13,16,19H,2-7,10,12H2,1H3. The van der Waals surface area contributed by atoms with Gasteiger partial charge in [-0.2, -0.15) is 0 Å². The maximum Gasteiger partial charge on any atom is 0.0415 e. The van der Waals surface area contributed by atoms with Crippen molar-refractivity contribution >= 4 is 21.6 Å². The molecule has 110 valence electrons. The van der Waals surface area contributed by atoms with Gasteiger partial charge in [-0.1, -0.05) is 28.8 Å². The molecule has 3 heteroatoms. The van der Waals surface area contributed by atoms with E-state index in [0.717, 1.165) is 18.5 Å². The minimum absolute atomic E-state index is 0.786. The molecule has 1 aliphatic heterocycles. The number of nitrogens with one attached hydrogen (secondary N) is 1. The lowest BCUT2D eigenvalue weighted by Crippen LogP contribution is -2.35. The summed E-state index contributed by atoms with van der Waals surface area (Å²) in [5.74, 6) is 0.934. The fraction of sp³-hybridized carbons (Fsp3) is 0.647. The number of benzene rings is 1. The van der Waals surface area contributed by atoms with Gasteiger partial charge < -0.3 is 10.2 Å². The van der Waals surface area contributed by atoms with Crippen molar-refractivity contribution in [1.29, 1.82) is 0 Å². The zero-order valence-corrected chi connectivity index (χ0v) is 14.0. The molecule has 1 aliphatic carbocycles. The summed E-state index contributed by atoms with van der Waals surface area (Å²) in [6, 6.07) is 7.56. The second-order valence-electron chi connectivity index (χ2n) is 6.25. The Morgan fingerprint density at radius 2 is 2.00 bits per heavy atom. The molecule has 1 atom stereocenters. The molecule has 1 aromatic carbocycles. The summed E-state index contributed by atoms with van der Waals surface area (Å²) in [5.41, 5.74) is 2.88. The van der Waals surface area contributed by atoms with E-state index >= 15 is 0 Å². The summed E-state index contributed by atoms with van der Waals surface area (Å²) >= 11 is 3.61. The maximum absolute atomic E-state index is 3.61. The normalized spacial score (nSPS) is 23.7. The molecule has 1 aromatic rings. The van der Waals surface area contributed by atoms with Crippen LogP contribution in [-0.4, -0.2) is 19.6 Å². The van der Waals surface area contributed by atoms with Crippen molar-refractivity contribution in [3.8, 4) is 0 Å². The summed E-state index contributed by atoms with van der Waals surface area (Å²) in [6.07, 6.45) is 8.52. The van der Waals surface area contributed by atoms with E-state index in [1.807, 2.05) is 7.05 Å². The largest absolute Gasteiger partial charge is 0.368 e. The van der Waals surface area contributed by atoms with Crippen LogP contribution in [0.25, 0.3) is 0 Å². The molecular formula is C17H25BrN2. The molecule has 0 aromatic heterocycles. The lowest BCUT2D eigenvalue weighted by molar-refractivity contribution is 0.430. The van der Waals surface area contributed by atoms with Gasteiger partial charge in [-0.3, -0.25) is 0 Å². The molecule has 0 amide bonds. The Morgan fingerprint density at radius 3 is 2.75 bits per heavy atom. The Kier molecular flexibility index (Phi) is 4.67. The van der Waals surface area contributed by atoms with Gasteiger partial charge in [-0.15, -0.1) is 0 Å². The number of hydrogen-bond donors (Lipinski definition) is 1. The van der Waals surface area contributed by atoms with Crippen molar-refractivity contribution in [2.75, 3.05) is 18.5 Å². The summed E-state index contributed by atoms with van der Waals surface area (Å²) < 4.78 is 1.18. The van der Waals surface area contributed by atoms with Crippen molar-refractivity contribution in [3.63, 3.8) is 0 Å². The van der Waals surface area contributed by atoms with Crippen molar-refractivity contribution in [2.45, 2.75) is 51.1 Å². The number of hydrogen-bond acceptors (Lipinski definition) is 2. The first kappa shape index (κ1) is 14.4. The van der Waals surface area contributed by atoms with Crippen LogP contribution in [0.5, 0.6) is 0 Å². The molecule has 2 nitrogen and oxygen atoms in total. The predicted molar refractivity (Wildman–Crippen MR) is 89.2 cm³/mol. The molecular weight excluding hydrogens is 312 g/mol. The minimum Gasteiger partial charge on any atom is -0.368 e. The second kappa shape index (κ2) is 6.48. The van der Waals surface area contributed by atoms with E-state index in [2.05, 4.69) is 44.3 Å². The Hall–Kier alpha value is -0.540. The van der Waals surface area contributed by atoms with Crippen molar-refractivity contribution in [3.05, 3.63) is 28.2 Å². The highest BCUT2D eigenvalue weighted by molar-refractivity contribution is 9.10. The first-order chi connectivity index (χ1) is 9.79. The molecule has 0 spiro atoms. The smallest absolute Gasteiger partial charge is 0.0415 e. The van der Waals surface area contributed by atoms with Gasteiger partial charge in [0.15, 0.2) is 0 Å². The molecule has 2 fully saturated rings. The minimum atomic E-state index is 0.786. The van der Waals surface area contributed by atoms with Crippen LogP contribution in [0.3, 0.4) is 0 Å². The third-order valence-corrected chi connectivity index (χ3v) is 5.45. The summed E-state index contributed by atoms with van der Waals surface area (Å²) in [6.45, 7) is 2.18. The first-order valence-electron chi connectivity index (χ1n) is 7.99. The van der Waals surface area contributed by atoms with Crippen LogP contribution in [0.1, 0.15) is 44.1 Å². The summed E-state index contributed by atoms with van der Waals surface area (Å²) in [7, 11) is 2.03. The molecule has 1 saturated heterocycles. The van der Waals surface area contributed by atoms with Crippen LogP contribution in [0, 0.1) is 5.92 Å². The van der Waals surface area contributed by atoms with Crippen LogP contribution in [0.2, 0.25) is 0 Å². The Balaban J connectivity index is 1.86. The topological polar surface area (TPSA) is 15.3 Å². The summed E-state index contributed by atoms with van der Waals surface area (Å²) in [4.78, 5) is 2.70. The molecule has 1 heterocycles. The van der Waals surface area contributed by atoms with Crippen LogP contribution >= 0.6 is 15.9 Å². The van der Waals surface area contributed by atoms with E-state index in [4.69, 9.17) is 0 Å². The van der Waals surface area contributed by atoms with Gasteiger partial charge in [0.2, 0.25) is 0 Å². The van der Waals surface area contributed by atoms with Gasteiger partial charge >= 0.3 is 0 Å². The third kappa shape index (κ3) is 2.89. The second-order valence-corrected chi connectivity index (χ2v) is 7.17. The highest BCUT2D eigenvalue weighted by atomic mass is 79.9. The van der Waals surface area contributed by atoms with E-state index in [-0.39, 0.29) is 0 Å². The zero-order valence-electron chi connectivity index (χ0n) is 12.4. The average Bonchev–Trinajstić information content (AvgIpc) is 3.10. The number of nitrogens with zero attached hydrogens (tertiary/aromatic N) is 1. The fourth-order valence-electron chi connectivity index (χ4n) is 4.09. The van der Waals surface area contributed by atoms with Gasteiger partial charge in [0.05, 0.1) is 0 Å². The van der Waals surface area contributed by atoms with E-state index in [0.29, 0.717) is 0 Å². The van der Waals surface area contributed by atoms with E-state index < -0.39 is 0 Å². The van der Waals surface area contributed by atoms with Crippen LogP contribution in [0.15, 0.2) is 22.7 Å². The number of anilines is 1. The molecule has 0 radical (unpaired) electrons. The zero-order chi connectivity index (χ0) is 13.9. The van der Waals surface area contributed by atoms with Crippen molar-refractivity contribution in [2.24, 2.45) is 5.92 Å². The Morgan fingerprint density at radius 1 is 1.20 bits per heavy atom. The average molecular weight is 337 g/mol. The van der Waals surface area contributed by atoms with E-state index in [1.165, 1.54) is 60.8 Å². The molecule has 20 heavy (non-hydrogen) atoms. The molecule has 3 rings (SSSR count). The van der Waals surface area contributed by atoms with Gasteiger partial charge in [-0.25, -0.2) is 0 Å². The van der Waals surface area contributed by atoms with Crippen molar-refractivity contribution < 1.29 is 0 Å².